The molecule has 0 radical (unpaired) electrons. The lowest BCUT2D eigenvalue weighted by molar-refractivity contribution is 0.594. The van der Waals surface area contributed by atoms with Crippen LogP contribution in [-0.4, -0.2) is 16.8 Å². The highest BCUT2D eigenvalue weighted by molar-refractivity contribution is 7.91. The maximum Gasteiger partial charge on any atom is 0.206 e. The summed E-state index contributed by atoms with van der Waals surface area (Å²) in [6, 6.07) is 26.4. The third-order valence-electron chi connectivity index (χ3n) is 5.28. The van der Waals surface area contributed by atoms with Crippen molar-refractivity contribution in [3.63, 3.8) is 0 Å². The first-order valence-corrected chi connectivity index (χ1v) is 13.2. The van der Waals surface area contributed by atoms with Crippen molar-refractivity contribution in [3.05, 3.63) is 108 Å². The third-order valence-corrected chi connectivity index (χ3v) is 8.85. The van der Waals surface area contributed by atoms with Crippen LogP contribution in [0.2, 0.25) is 0 Å². The van der Waals surface area contributed by atoms with Crippen LogP contribution in [0.5, 0.6) is 0 Å². The van der Waals surface area contributed by atoms with Crippen molar-refractivity contribution in [2.75, 3.05) is 5.32 Å². The normalized spacial score (nSPS) is 11.8. The monoisotopic (exact) mass is 477 g/mol. The Balaban J connectivity index is 1.51. The standard InChI is InChI=1S/C26H23NO4S2/c1-19-3-11-23(12-4-19)32(28,29)25-15-7-21(8-16-25)27-22-9-17-26(18-10-22)33(30,31)24-13-5-20(2)6-14-24/h3-18,27H,1-2H3. The molecule has 0 spiro atoms. The van der Waals surface area contributed by atoms with Gasteiger partial charge in [-0.15, -0.1) is 0 Å². The van der Waals surface area contributed by atoms with E-state index in [-0.39, 0.29) is 19.6 Å². The van der Waals surface area contributed by atoms with Gasteiger partial charge >= 0.3 is 0 Å². The minimum atomic E-state index is -3.59. The van der Waals surface area contributed by atoms with Crippen molar-refractivity contribution in [1.82, 2.24) is 0 Å². The van der Waals surface area contributed by atoms with Crippen molar-refractivity contribution < 1.29 is 16.8 Å². The van der Waals surface area contributed by atoms with Crippen LogP contribution in [0.25, 0.3) is 0 Å². The number of aryl methyl sites for hydroxylation is 2. The van der Waals surface area contributed by atoms with E-state index in [0.717, 1.165) is 11.1 Å². The predicted octanol–water partition coefficient (Wildman–Crippen LogP) is 5.71. The minimum absolute atomic E-state index is 0.205. The average Bonchev–Trinajstić information content (AvgIpc) is 2.80. The fourth-order valence-electron chi connectivity index (χ4n) is 3.31. The second-order valence-corrected chi connectivity index (χ2v) is 11.7. The fraction of sp³-hybridized carbons (Fsp3) is 0.0769. The van der Waals surface area contributed by atoms with Gasteiger partial charge in [0.2, 0.25) is 19.7 Å². The summed E-state index contributed by atoms with van der Waals surface area (Å²) in [6.07, 6.45) is 0. The summed E-state index contributed by atoms with van der Waals surface area (Å²) < 4.78 is 51.2. The Morgan fingerprint density at radius 3 is 0.939 bits per heavy atom. The van der Waals surface area contributed by atoms with Crippen molar-refractivity contribution in [2.24, 2.45) is 0 Å². The summed E-state index contributed by atoms with van der Waals surface area (Å²) in [5, 5.41) is 3.17. The highest BCUT2D eigenvalue weighted by atomic mass is 32.2. The van der Waals surface area contributed by atoms with Crippen molar-refractivity contribution in [2.45, 2.75) is 33.4 Å². The molecule has 5 nitrogen and oxygen atoms in total. The molecule has 4 aromatic rings. The smallest absolute Gasteiger partial charge is 0.206 e. The van der Waals surface area contributed by atoms with E-state index in [9.17, 15) is 16.8 Å². The van der Waals surface area contributed by atoms with Crippen LogP contribution < -0.4 is 5.32 Å². The van der Waals surface area contributed by atoms with Crippen LogP contribution in [0, 0.1) is 13.8 Å². The summed E-state index contributed by atoms with van der Waals surface area (Å²) in [5.74, 6) is 0. The van der Waals surface area contributed by atoms with Gasteiger partial charge in [0.05, 0.1) is 19.6 Å². The van der Waals surface area contributed by atoms with Crippen molar-refractivity contribution in [3.8, 4) is 0 Å². The van der Waals surface area contributed by atoms with Gasteiger partial charge in [-0.25, -0.2) is 16.8 Å². The third kappa shape index (κ3) is 4.84. The van der Waals surface area contributed by atoms with Crippen molar-refractivity contribution in [1.29, 1.82) is 0 Å². The van der Waals surface area contributed by atoms with E-state index in [0.29, 0.717) is 11.4 Å². The van der Waals surface area contributed by atoms with Gasteiger partial charge in [-0.3, -0.25) is 0 Å². The molecule has 0 aliphatic carbocycles. The van der Waals surface area contributed by atoms with E-state index in [1.54, 1.807) is 97.1 Å². The molecule has 168 valence electrons. The number of sulfone groups is 2. The zero-order chi connectivity index (χ0) is 23.6. The van der Waals surface area contributed by atoms with E-state index >= 15 is 0 Å². The number of anilines is 2. The molecule has 0 bridgehead atoms. The molecule has 0 aliphatic heterocycles. The summed E-state index contributed by atoms with van der Waals surface area (Å²) >= 11 is 0. The molecule has 0 amide bonds. The quantitative estimate of drug-likeness (QED) is 0.385. The second-order valence-electron chi connectivity index (χ2n) is 7.81. The van der Waals surface area contributed by atoms with Gasteiger partial charge in [-0.1, -0.05) is 35.4 Å². The highest BCUT2D eigenvalue weighted by Gasteiger charge is 2.18. The number of hydrogen-bond acceptors (Lipinski definition) is 5. The Hall–Kier alpha value is -3.42. The first-order valence-electron chi connectivity index (χ1n) is 10.3. The molecule has 7 heteroatoms. The SMILES string of the molecule is Cc1ccc(S(=O)(=O)c2ccc(Nc3ccc(S(=O)(=O)c4ccc(C)cc4)cc3)cc2)cc1. The van der Waals surface area contributed by atoms with Crippen LogP contribution in [0.1, 0.15) is 11.1 Å². The molecular formula is C26H23NO4S2. The molecular weight excluding hydrogens is 454 g/mol. The van der Waals surface area contributed by atoms with Gasteiger partial charge in [0.15, 0.2) is 0 Å². The Morgan fingerprint density at radius 1 is 0.424 bits per heavy atom. The maximum atomic E-state index is 12.8. The first-order chi connectivity index (χ1) is 15.7. The zero-order valence-electron chi connectivity index (χ0n) is 18.2. The van der Waals surface area contributed by atoms with Crippen molar-refractivity contribution >= 4 is 31.0 Å². The van der Waals surface area contributed by atoms with E-state index in [1.165, 1.54) is 0 Å². The molecule has 0 saturated heterocycles. The molecule has 0 saturated carbocycles. The number of nitrogens with one attached hydrogen (secondary N) is 1. The van der Waals surface area contributed by atoms with Crippen LogP contribution in [0.15, 0.2) is 117 Å². The molecule has 0 heterocycles. The topological polar surface area (TPSA) is 80.3 Å². The summed E-state index contributed by atoms with van der Waals surface area (Å²) in [5.41, 5.74) is 3.36. The molecule has 0 aromatic heterocycles. The maximum absolute atomic E-state index is 12.8. The molecule has 33 heavy (non-hydrogen) atoms. The van der Waals surface area contributed by atoms with Gasteiger partial charge in [0, 0.05) is 11.4 Å². The lowest BCUT2D eigenvalue weighted by Crippen LogP contribution is -2.03. The summed E-state index contributed by atoms with van der Waals surface area (Å²) in [6.45, 7) is 3.81. The fourth-order valence-corrected chi connectivity index (χ4v) is 5.83. The molecule has 4 rings (SSSR count). The Kier molecular flexibility index (Phi) is 6.10. The molecule has 1 N–H and O–H groups in total. The van der Waals surface area contributed by atoms with Gasteiger partial charge in [0.25, 0.3) is 0 Å². The van der Waals surface area contributed by atoms with E-state index < -0.39 is 19.7 Å². The Morgan fingerprint density at radius 2 is 0.667 bits per heavy atom. The van der Waals surface area contributed by atoms with Crippen LogP contribution >= 0.6 is 0 Å². The number of rotatable bonds is 6. The summed E-state index contributed by atoms with van der Waals surface area (Å²) in [7, 11) is -7.18. The Bertz CT molecular complexity index is 1360. The lowest BCUT2D eigenvalue weighted by Gasteiger charge is -2.10. The summed E-state index contributed by atoms with van der Waals surface area (Å²) in [4.78, 5) is 0.909. The van der Waals surface area contributed by atoms with Crippen LogP contribution in [0.3, 0.4) is 0 Å². The highest BCUT2D eigenvalue weighted by Crippen LogP contribution is 2.26. The van der Waals surface area contributed by atoms with Crippen LogP contribution in [0.4, 0.5) is 11.4 Å². The predicted molar refractivity (Wildman–Crippen MR) is 129 cm³/mol. The zero-order valence-corrected chi connectivity index (χ0v) is 19.8. The van der Waals surface area contributed by atoms with Gasteiger partial charge in [-0.2, -0.15) is 0 Å². The van der Waals surface area contributed by atoms with Gasteiger partial charge in [-0.05, 0) is 86.6 Å². The second kappa shape index (κ2) is 8.84. The van der Waals surface area contributed by atoms with Gasteiger partial charge in [0.1, 0.15) is 0 Å². The van der Waals surface area contributed by atoms with E-state index in [1.807, 2.05) is 13.8 Å². The largest absolute Gasteiger partial charge is 0.356 e. The molecule has 0 aliphatic rings. The average molecular weight is 478 g/mol. The minimum Gasteiger partial charge on any atom is -0.356 e. The number of benzene rings is 4. The number of hydrogen-bond donors (Lipinski definition) is 1. The van der Waals surface area contributed by atoms with E-state index in [4.69, 9.17) is 0 Å². The molecule has 0 unspecified atom stereocenters. The Labute approximate surface area is 194 Å². The first kappa shape index (κ1) is 22.8. The van der Waals surface area contributed by atoms with Gasteiger partial charge < -0.3 is 5.32 Å². The van der Waals surface area contributed by atoms with E-state index in [2.05, 4.69) is 5.32 Å². The van der Waals surface area contributed by atoms with Crippen LogP contribution in [-0.2, 0) is 19.7 Å². The lowest BCUT2D eigenvalue weighted by atomic mass is 10.2. The molecule has 0 atom stereocenters. The molecule has 4 aromatic carbocycles. The molecule has 0 fully saturated rings.